The van der Waals surface area contributed by atoms with Crippen molar-refractivity contribution in [3.8, 4) is 0 Å². The number of aryl methyl sites for hydroxylation is 1. The summed E-state index contributed by atoms with van der Waals surface area (Å²) in [4.78, 5) is 2.39. The molecule has 0 saturated carbocycles. The number of halogens is 1. The van der Waals surface area contributed by atoms with Gasteiger partial charge in [0, 0.05) is 6.54 Å². The summed E-state index contributed by atoms with van der Waals surface area (Å²) in [7, 11) is 0. The first-order valence-corrected chi connectivity index (χ1v) is 4.95. The third-order valence-corrected chi connectivity index (χ3v) is 2.31. The van der Waals surface area contributed by atoms with E-state index in [0.29, 0.717) is 0 Å². The largest absolute Gasteiger partial charge is 2.00 e. The Labute approximate surface area is 120 Å². The summed E-state index contributed by atoms with van der Waals surface area (Å²) in [5, 5.41) is 0. The van der Waals surface area contributed by atoms with Gasteiger partial charge in [0.05, 0.1) is 0 Å². The van der Waals surface area contributed by atoms with Gasteiger partial charge in [-0.2, -0.15) is 29.8 Å². The van der Waals surface area contributed by atoms with Crippen molar-refractivity contribution < 1.29 is 17.0 Å². The summed E-state index contributed by atoms with van der Waals surface area (Å²) in [6, 6.07) is 9.57. The molecule has 0 aliphatic rings. The van der Waals surface area contributed by atoms with Crippen molar-refractivity contribution in [2.45, 2.75) is 27.3 Å². The van der Waals surface area contributed by atoms with Crippen LogP contribution in [-0.4, -0.2) is 41.0 Å². The fourth-order valence-corrected chi connectivity index (χ4v) is 1.42. The van der Waals surface area contributed by atoms with E-state index >= 15 is 0 Å². The van der Waals surface area contributed by atoms with Gasteiger partial charge in [0.1, 0.15) is 0 Å². The van der Waals surface area contributed by atoms with Gasteiger partial charge < -0.3 is 21.9 Å². The fraction of sp³-hybridized carbons (Fsp3) is 0.500. The van der Waals surface area contributed by atoms with E-state index in [-0.39, 0.29) is 40.0 Å². The quantitative estimate of drug-likeness (QED) is 0.519. The molecule has 0 N–H and O–H groups in total. The van der Waals surface area contributed by atoms with Gasteiger partial charge in [0.25, 0.3) is 0 Å². The van der Waals surface area contributed by atoms with Crippen LogP contribution in [0.5, 0.6) is 0 Å². The SMILES string of the molecule is CCN(CC)Cc1[c-]ccc(C)c1.[Br-].[Mg+2]. The van der Waals surface area contributed by atoms with Crippen molar-refractivity contribution in [3.63, 3.8) is 0 Å². The summed E-state index contributed by atoms with van der Waals surface area (Å²) in [6.45, 7) is 9.75. The van der Waals surface area contributed by atoms with Crippen LogP contribution in [-0.2, 0) is 6.54 Å². The Morgan fingerprint density at radius 1 is 1.27 bits per heavy atom. The molecule has 0 heterocycles. The fourth-order valence-electron chi connectivity index (χ4n) is 1.42. The minimum absolute atomic E-state index is 0. The van der Waals surface area contributed by atoms with Crippen molar-refractivity contribution in [2.24, 2.45) is 0 Å². The second-order valence-corrected chi connectivity index (χ2v) is 3.35. The van der Waals surface area contributed by atoms with Gasteiger partial charge in [-0.15, -0.1) is 5.56 Å². The molecular formula is C12H18BrMgN. The third-order valence-electron chi connectivity index (χ3n) is 2.31. The smallest absolute Gasteiger partial charge is 1.00 e. The van der Waals surface area contributed by atoms with Crippen molar-refractivity contribution >= 4 is 23.1 Å². The monoisotopic (exact) mass is 279 g/mol. The van der Waals surface area contributed by atoms with Crippen LogP contribution in [0.3, 0.4) is 0 Å². The summed E-state index contributed by atoms with van der Waals surface area (Å²) < 4.78 is 0. The predicted octanol–water partition coefficient (Wildman–Crippen LogP) is -0.740. The molecule has 0 unspecified atom stereocenters. The summed E-state index contributed by atoms with van der Waals surface area (Å²) in [5.41, 5.74) is 2.62. The molecule has 15 heavy (non-hydrogen) atoms. The molecule has 0 aliphatic carbocycles. The molecule has 0 radical (unpaired) electrons. The van der Waals surface area contributed by atoms with E-state index in [1.165, 1.54) is 11.1 Å². The van der Waals surface area contributed by atoms with Crippen molar-refractivity contribution in [1.29, 1.82) is 0 Å². The topological polar surface area (TPSA) is 3.24 Å². The molecule has 3 heteroatoms. The van der Waals surface area contributed by atoms with Crippen LogP contribution < -0.4 is 17.0 Å². The molecule has 0 spiro atoms. The molecular weight excluding hydrogens is 262 g/mol. The van der Waals surface area contributed by atoms with Crippen LogP contribution in [0.1, 0.15) is 25.0 Å². The molecule has 1 rings (SSSR count). The predicted molar refractivity (Wildman–Crippen MR) is 62.4 cm³/mol. The maximum absolute atomic E-state index is 3.27. The number of benzene rings is 1. The van der Waals surface area contributed by atoms with E-state index < -0.39 is 0 Å². The van der Waals surface area contributed by atoms with Gasteiger partial charge in [0.15, 0.2) is 0 Å². The van der Waals surface area contributed by atoms with Crippen molar-refractivity contribution in [2.75, 3.05) is 13.1 Å². The number of rotatable bonds is 4. The molecule has 0 atom stereocenters. The summed E-state index contributed by atoms with van der Waals surface area (Å²) in [5.74, 6) is 0. The third kappa shape index (κ3) is 6.56. The first kappa shape index (κ1) is 17.8. The van der Waals surface area contributed by atoms with Crippen LogP contribution >= 0.6 is 0 Å². The van der Waals surface area contributed by atoms with Crippen LogP contribution in [0.4, 0.5) is 0 Å². The summed E-state index contributed by atoms with van der Waals surface area (Å²) >= 11 is 0. The molecule has 0 saturated heterocycles. The van der Waals surface area contributed by atoms with E-state index in [1.54, 1.807) is 0 Å². The molecule has 1 aromatic carbocycles. The van der Waals surface area contributed by atoms with Gasteiger partial charge in [-0.1, -0.05) is 20.8 Å². The zero-order chi connectivity index (χ0) is 9.68. The van der Waals surface area contributed by atoms with E-state index in [2.05, 4.69) is 43.9 Å². The van der Waals surface area contributed by atoms with Crippen LogP contribution in [0, 0.1) is 13.0 Å². The number of nitrogens with zero attached hydrogens (tertiary/aromatic N) is 1. The molecule has 0 aliphatic heterocycles. The van der Waals surface area contributed by atoms with Gasteiger partial charge in [0.2, 0.25) is 0 Å². The van der Waals surface area contributed by atoms with Crippen molar-refractivity contribution in [1.82, 2.24) is 4.90 Å². The Hall–Kier alpha value is 0.426. The molecule has 0 aromatic heterocycles. The zero-order valence-electron chi connectivity index (χ0n) is 9.89. The Morgan fingerprint density at radius 2 is 1.87 bits per heavy atom. The average molecular weight is 280 g/mol. The van der Waals surface area contributed by atoms with Crippen LogP contribution in [0.25, 0.3) is 0 Å². The van der Waals surface area contributed by atoms with Gasteiger partial charge in [-0.05, 0) is 13.1 Å². The molecule has 80 valence electrons. The molecule has 0 amide bonds. The second-order valence-electron chi connectivity index (χ2n) is 3.35. The molecule has 0 bridgehead atoms. The first-order chi connectivity index (χ1) is 6.26. The molecule has 1 nitrogen and oxygen atoms in total. The Morgan fingerprint density at radius 3 is 2.33 bits per heavy atom. The zero-order valence-corrected chi connectivity index (χ0v) is 12.9. The first-order valence-electron chi connectivity index (χ1n) is 4.95. The second kappa shape index (κ2) is 9.64. The van der Waals surface area contributed by atoms with E-state index in [4.69, 9.17) is 0 Å². The van der Waals surface area contributed by atoms with Crippen molar-refractivity contribution in [3.05, 3.63) is 35.4 Å². The Kier molecular flexibility index (Phi) is 11.4. The minimum atomic E-state index is 0. The van der Waals surface area contributed by atoms with E-state index in [9.17, 15) is 0 Å². The standard InChI is InChI=1S/C12H18N.BrH.Mg/c1-4-13(5-2)10-12-8-6-7-11(3)9-12;;/h6-7,9H,4-5,10H2,1-3H3;1H;/q-1;;+2/p-1. The van der Waals surface area contributed by atoms with Gasteiger partial charge in [-0.25, -0.2) is 0 Å². The van der Waals surface area contributed by atoms with E-state index in [1.807, 2.05) is 6.07 Å². The molecule has 1 aromatic rings. The Bertz CT molecular complexity index is 262. The number of hydrogen-bond donors (Lipinski definition) is 0. The van der Waals surface area contributed by atoms with Gasteiger partial charge in [-0.3, -0.25) is 0 Å². The number of hydrogen-bond acceptors (Lipinski definition) is 1. The minimum Gasteiger partial charge on any atom is -1.00 e. The normalized spacial score (nSPS) is 9.33. The average Bonchev–Trinajstić information content (AvgIpc) is 2.14. The maximum Gasteiger partial charge on any atom is 2.00 e. The molecule has 0 fully saturated rings. The van der Waals surface area contributed by atoms with E-state index in [0.717, 1.165) is 19.6 Å². The summed E-state index contributed by atoms with van der Waals surface area (Å²) in [6.07, 6.45) is 0. The van der Waals surface area contributed by atoms with Crippen LogP contribution in [0.15, 0.2) is 18.2 Å². The van der Waals surface area contributed by atoms with Gasteiger partial charge >= 0.3 is 23.1 Å². The maximum atomic E-state index is 3.27. The Balaban J connectivity index is 0. The van der Waals surface area contributed by atoms with Crippen LogP contribution in [0.2, 0.25) is 0 Å².